The predicted octanol–water partition coefficient (Wildman–Crippen LogP) is 3.46. The number of fused-ring (bicyclic) bond motifs is 2. The van der Waals surface area contributed by atoms with Crippen LogP contribution in [-0.2, 0) is 11.3 Å². The zero-order chi connectivity index (χ0) is 20.7. The maximum atomic E-state index is 13.3. The Hall–Kier alpha value is -2.37. The van der Waals surface area contributed by atoms with Crippen LogP contribution in [0.1, 0.15) is 30.4 Å². The number of likely N-dealkylation sites (tertiary alicyclic amines) is 2. The highest BCUT2D eigenvalue weighted by atomic mass is 16.5. The molecule has 30 heavy (non-hydrogen) atoms. The monoisotopic (exact) mass is 405 g/mol. The van der Waals surface area contributed by atoms with E-state index in [2.05, 4.69) is 53.1 Å². The van der Waals surface area contributed by atoms with Gasteiger partial charge in [0.15, 0.2) is 0 Å². The molecule has 0 aromatic heterocycles. The van der Waals surface area contributed by atoms with E-state index in [9.17, 15) is 4.79 Å². The largest absolute Gasteiger partial charge is 0.495 e. The number of carbonyl (C=O) groups excluding carboxylic acids is 1. The predicted molar refractivity (Wildman–Crippen MR) is 119 cm³/mol. The summed E-state index contributed by atoms with van der Waals surface area (Å²) in [6.07, 6.45) is 3.24. The quantitative estimate of drug-likeness (QED) is 0.763. The van der Waals surface area contributed by atoms with Gasteiger partial charge in [0.2, 0.25) is 5.91 Å². The standard InChI is InChI=1S/C25H31N3O2/c1-18-8-9-24(30-2)22(14-18)28-21-15-23(25(28)29)27(17-21)20-10-12-26(13-11-20)16-19-6-4-3-5-7-19/h3-9,14,20-21,23H,10-13,15-17H2,1-2H3/t21-,23-/m0/s1. The Labute approximate surface area is 179 Å². The molecule has 5 heteroatoms. The molecule has 3 saturated heterocycles. The average Bonchev–Trinajstić information content (AvgIpc) is 3.33. The van der Waals surface area contributed by atoms with E-state index in [-0.39, 0.29) is 18.0 Å². The second-order valence-electron chi connectivity index (χ2n) is 8.98. The first kappa shape index (κ1) is 19.6. The lowest BCUT2D eigenvalue weighted by molar-refractivity contribution is -0.124. The number of nitrogens with zero attached hydrogens (tertiary/aromatic N) is 3. The van der Waals surface area contributed by atoms with E-state index in [0.717, 1.165) is 62.4 Å². The topological polar surface area (TPSA) is 36.0 Å². The Morgan fingerprint density at radius 3 is 2.50 bits per heavy atom. The number of anilines is 1. The van der Waals surface area contributed by atoms with Crippen LogP contribution in [0.25, 0.3) is 0 Å². The van der Waals surface area contributed by atoms with Gasteiger partial charge in [-0.15, -0.1) is 0 Å². The molecule has 5 nitrogen and oxygen atoms in total. The number of hydrogen-bond donors (Lipinski definition) is 0. The van der Waals surface area contributed by atoms with E-state index in [0.29, 0.717) is 6.04 Å². The second-order valence-corrected chi connectivity index (χ2v) is 8.98. The number of ether oxygens (including phenoxy) is 1. The van der Waals surface area contributed by atoms with Gasteiger partial charge in [-0.25, -0.2) is 0 Å². The molecule has 0 radical (unpaired) electrons. The van der Waals surface area contributed by atoms with E-state index in [4.69, 9.17) is 4.74 Å². The lowest BCUT2D eigenvalue weighted by atomic mass is 10.0. The van der Waals surface area contributed by atoms with Crippen molar-refractivity contribution in [1.29, 1.82) is 0 Å². The summed E-state index contributed by atoms with van der Waals surface area (Å²) in [5, 5.41) is 0. The van der Waals surface area contributed by atoms with E-state index in [1.165, 1.54) is 5.56 Å². The summed E-state index contributed by atoms with van der Waals surface area (Å²) >= 11 is 0. The third-order valence-electron chi connectivity index (χ3n) is 7.07. The first-order valence-corrected chi connectivity index (χ1v) is 11.1. The number of piperidine rings is 1. The third-order valence-corrected chi connectivity index (χ3v) is 7.07. The van der Waals surface area contributed by atoms with Crippen LogP contribution in [0.15, 0.2) is 48.5 Å². The molecule has 3 aliphatic heterocycles. The first-order valence-electron chi connectivity index (χ1n) is 11.1. The molecule has 158 valence electrons. The summed E-state index contributed by atoms with van der Waals surface area (Å²) in [5.74, 6) is 1.05. The maximum Gasteiger partial charge on any atom is 0.244 e. The van der Waals surface area contributed by atoms with Crippen LogP contribution in [0.4, 0.5) is 5.69 Å². The number of rotatable bonds is 5. The third kappa shape index (κ3) is 3.50. The van der Waals surface area contributed by atoms with Gasteiger partial charge >= 0.3 is 0 Å². The summed E-state index contributed by atoms with van der Waals surface area (Å²) in [4.78, 5) is 20.4. The van der Waals surface area contributed by atoms with E-state index >= 15 is 0 Å². The first-order chi connectivity index (χ1) is 14.6. The summed E-state index contributed by atoms with van der Waals surface area (Å²) in [6.45, 7) is 6.29. The minimum Gasteiger partial charge on any atom is -0.495 e. The summed E-state index contributed by atoms with van der Waals surface area (Å²) in [6, 6.07) is 17.6. The van der Waals surface area contributed by atoms with Crippen LogP contribution in [0, 0.1) is 6.92 Å². The van der Waals surface area contributed by atoms with Crippen LogP contribution in [0.2, 0.25) is 0 Å². The number of aryl methyl sites for hydroxylation is 1. The summed E-state index contributed by atoms with van der Waals surface area (Å²) < 4.78 is 5.56. The molecule has 2 aromatic carbocycles. The van der Waals surface area contributed by atoms with Crippen LogP contribution in [0.5, 0.6) is 5.75 Å². The number of methoxy groups -OCH3 is 1. The van der Waals surface area contributed by atoms with Crippen molar-refractivity contribution in [2.45, 2.75) is 50.9 Å². The molecule has 2 aromatic rings. The molecular weight excluding hydrogens is 374 g/mol. The van der Waals surface area contributed by atoms with Crippen molar-refractivity contribution >= 4 is 11.6 Å². The lowest BCUT2D eigenvalue weighted by Gasteiger charge is -2.42. The Bertz CT molecular complexity index is 908. The van der Waals surface area contributed by atoms with Crippen LogP contribution < -0.4 is 9.64 Å². The van der Waals surface area contributed by atoms with Crippen molar-refractivity contribution < 1.29 is 9.53 Å². The summed E-state index contributed by atoms with van der Waals surface area (Å²) in [5.41, 5.74) is 3.48. The highest BCUT2D eigenvalue weighted by Gasteiger charge is 2.52. The van der Waals surface area contributed by atoms with Crippen LogP contribution in [0.3, 0.4) is 0 Å². The molecule has 3 fully saturated rings. The fourth-order valence-electron chi connectivity index (χ4n) is 5.57. The number of piperazine rings is 1. The van der Waals surface area contributed by atoms with Crippen LogP contribution >= 0.6 is 0 Å². The van der Waals surface area contributed by atoms with Crippen molar-refractivity contribution in [3.8, 4) is 5.75 Å². The fraction of sp³-hybridized carbons (Fsp3) is 0.480. The van der Waals surface area contributed by atoms with Gasteiger partial charge in [-0.1, -0.05) is 36.4 Å². The molecule has 0 saturated carbocycles. The van der Waals surface area contributed by atoms with Gasteiger partial charge in [0, 0.05) is 19.1 Å². The van der Waals surface area contributed by atoms with E-state index < -0.39 is 0 Å². The molecule has 0 aliphatic carbocycles. The Balaban J connectivity index is 1.23. The Morgan fingerprint density at radius 2 is 1.80 bits per heavy atom. The van der Waals surface area contributed by atoms with Crippen molar-refractivity contribution in [3.63, 3.8) is 0 Å². The molecule has 3 aliphatic rings. The number of hydrogen-bond acceptors (Lipinski definition) is 4. The Morgan fingerprint density at radius 1 is 1.03 bits per heavy atom. The molecule has 5 rings (SSSR count). The van der Waals surface area contributed by atoms with Gasteiger partial charge in [-0.05, 0) is 62.5 Å². The fourth-order valence-corrected chi connectivity index (χ4v) is 5.57. The minimum absolute atomic E-state index is 0.0332. The number of carbonyl (C=O) groups is 1. The van der Waals surface area contributed by atoms with Gasteiger partial charge in [0.05, 0.1) is 24.9 Å². The average molecular weight is 406 g/mol. The van der Waals surface area contributed by atoms with Gasteiger partial charge in [0.1, 0.15) is 5.75 Å². The zero-order valence-corrected chi connectivity index (χ0v) is 18.0. The van der Waals surface area contributed by atoms with Gasteiger partial charge in [-0.3, -0.25) is 14.6 Å². The molecule has 2 atom stereocenters. The molecule has 2 bridgehead atoms. The molecule has 0 N–H and O–H groups in total. The van der Waals surface area contributed by atoms with E-state index in [1.807, 2.05) is 17.0 Å². The van der Waals surface area contributed by atoms with Gasteiger partial charge in [0.25, 0.3) is 0 Å². The molecule has 3 heterocycles. The minimum atomic E-state index is 0.0332. The highest BCUT2D eigenvalue weighted by molar-refractivity contribution is 6.02. The maximum absolute atomic E-state index is 13.3. The van der Waals surface area contributed by atoms with Crippen molar-refractivity contribution in [3.05, 3.63) is 59.7 Å². The molecule has 0 unspecified atom stereocenters. The SMILES string of the molecule is COc1ccc(C)cc1N1C(=O)[C@@H]2C[C@H]1CN2C1CCN(Cc2ccccc2)CC1. The lowest BCUT2D eigenvalue weighted by Crippen LogP contribution is -2.56. The molecule has 1 amide bonds. The number of amides is 1. The normalized spacial score (nSPS) is 25.3. The smallest absolute Gasteiger partial charge is 0.244 e. The van der Waals surface area contributed by atoms with Gasteiger partial charge < -0.3 is 9.64 Å². The van der Waals surface area contributed by atoms with Gasteiger partial charge in [-0.2, -0.15) is 0 Å². The van der Waals surface area contributed by atoms with E-state index in [1.54, 1.807) is 7.11 Å². The van der Waals surface area contributed by atoms with Crippen molar-refractivity contribution in [2.24, 2.45) is 0 Å². The highest BCUT2D eigenvalue weighted by Crippen LogP contribution is 2.42. The number of benzene rings is 2. The van der Waals surface area contributed by atoms with Crippen molar-refractivity contribution in [1.82, 2.24) is 9.80 Å². The Kier molecular flexibility index (Phi) is 5.25. The second kappa shape index (κ2) is 8.05. The molecular formula is C25H31N3O2. The van der Waals surface area contributed by atoms with Crippen molar-refractivity contribution in [2.75, 3.05) is 31.6 Å². The summed E-state index contributed by atoms with van der Waals surface area (Å²) in [7, 11) is 1.68. The molecule has 0 spiro atoms. The zero-order valence-electron chi connectivity index (χ0n) is 18.0. The van der Waals surface area contributed by atoms with Crippen LogP contribution in [-0.4, -0.2) is 60.6 Å².